The van der Waals surface area contributed by atoms with Crippen LogP contribution in [0.1, 0.15) is 25.7 Å². The number of carbonyl (C=O) groups is 1. The van der Waals surface area contributed by atoms with Gasteiger partial charge in [0.2, 0.25) is 0 Å². The van der Waals surface area contributed by atoms with Crippen molar-refractivity contribution < 1.29 is 49.3 Å². The third-order valence-electron chi connectivity index (χ3n) is 8.66. The highest BCUT2D eigenvalue weighted by molar-refractivity contribution is 5.83. The molecule has 3 aliphatic heterocycles. The third kappa shape index (κ3) is 7.60. The van der Waals surface area contributed by atoms with Crippen molar-refractivity contribution in [1.29, 1.82) is 0 Å². The monoisotopic (exact) mass is 592 g/mol. The summed E-state index contributed by atoms with van der Waals surface area (Å²) in [6.45, 7) is 1.04. The van der Waals surface area contributed by atoms with Crippen molar-refractivity contribution in [2.75, 3.05) is 32.8 Å². The van der Waals surface area contributed by atoms with Crippen molar-refractivity contribution in [3.8, 4) is 0 Å². The predicted octanol–water partition coefficient (Wildman–Crippen LogP) is -6.10. The molecule has 0 amide bonds. The second kappa shape index (κ2) is 14.7. The summed E-state index contributed by atoms with van der Waals surface area (Å²) in [5, 5.41) is 58.9. The molecule has 4 rings (SSSR count). The molecule has 238 valence electrons. The molecule has 0 aromatic rings. The van der Waals surface area contributed by atoms with Crippen molar-refractivity contribution in [2.45, 2.75) is 111 Å². The first-order valence-corrected chi connectivity index (χ1v) is 14.4. The minimum atomic E-state index is -1.52. The fraction of sp³-hybridized carbons (Fsp3) is 0.960. The van der Waals surface area contributed by atoms with Gasteiger partial charge in [0, 0.05) is 44.7 Å². The number of nitrogens with two attached hydrogens (primary N) is 4. The van der Waals surface area contributed by atoms with Crippen LogP contribution in [-0.2, 0) is 23.7 Å². The van der Waals surface area contributed by atoms with E-state index in [-0.39, 0.29) is 37.6 Å². The van der Waals surface area contributed by atoms with Gasteiger partial charge in [0.25, 0.3) is 0 Å². The van der Waals surface area contributed by atoms with Crippen molar-refractivity contribution in [3.63, 3.8) is 0 Å². The van der Waals surface area contributed by atoms with Gasteiger partial charge >= 0.3 is 0 Å². The van der Waals surface area contributed by atoms with Gasteiger partial charge in [-0.15, -0.1) is 0 Å². The van der Waals surface area contributed by atoms with E-state index in [1.165, 1.54) is 0 Å². The molecule has 16 nitrogen and oxygen atoms in total. The smallest absolute Gasteiger partial charge is 0.186 e. The standard InChI is InChI=1S/C25H48N6O10/c26-5-12-1-2-14(31-11-7-30-8-11)24(38-12)41-23-13(28)3-10(4-15(33)16(34)6-27)22(21(23)37)40-25-20(36)18(29)19(35)17(9-32)39-25/h10-14,16-25,30-32,34-37H,1-9,26-29H2/t10-,12-,13-,14+,16-,17+,18-,19+,20+,21+,22-,23?,24+,25+/m0/s1. The fourth-order valence-electron chi connectivity index (χ4n) is 6.00. The van der Waals surface area contributed by atoms with Crippen LogP contribution in [0.4, 0.5) is 0 Å². The van der Waals surface area contributed by atoms with E-state index >= 15 is 0 Å². The van der Waals surface area contributed by atoms with E-state index in [9.17, 15) is 30.3 Å². The van der Waals surface area contributed by atoms with Crippen LogP contribution >= 0.6 is 0 Å². The minimum Gasteiger partial charge on any atom is -0.394 e. The van der Waals surface area contributed by atoms with Crippen LogP contribution in [0.5, 0.6) is 0 Å². The van der Waals surface area contributed by atoms with E-state index in [0.717, 1.165) is 25.9 Å². The zero-order valence-electron chi connectivity index (χ0n) is 23.1. The molecule has 1 saturated carbocycles. The number of rotatable bonds is 12. The highest BCUT2D eigenvalue weighted by Crippen LogP contribution is 2.36. The van der Waals surface area contributed by atoms with Crippen LogP contribution in [0, 0.1) is 5.92 Å². The first kappa shape index (κ1) is 33.0. The van der Waals surface area contributed by atoms with Crippen LogP contribution in [0.3, 0.4) is 0 Å². The summed E-state index contributed by atoms with van der Waals surface area (Å²) < 4.78 is 24.1. The SMILES string of the molecule is NC[C@@H]1CC[C@@H](NC2CNC2)[C@@H](OC2[C@@H](N)C[C@@H](CC(=O)[C@@H](O)CN)[C@H](O[C@H]3O[C@H](CO)[C@@H](O)[C@H](N)[C@H]3O)[C@H]2O)O1. The van der Waals surface area contributed by atoms with Gasteiger partial charge in [-0.25, -0.2) is 0 Å². The summed E-state index contributed by atoms with van der Waals surface area (Å²) >= 11 is 0. The number of nitrogens with one attached hydrogen (secondary N) is 2. The molecule has 14 atom stereocenters. The van der Waals surface area contributed by atoms with Gasteiger partial charge in [-0.3, -0.25) is 4.79 Å². The maximum Gasteiger partial charge on any atom is 0.186 e. The molecule has 0 radical (unpaired) electrons. The molecular formula is C25H48N6O10. The van der Waals surface area contributed by atoms with E-state index in [4.69, 9.17) is 41.9 Å². The van der Waals surface area contributed by atoms with Crippen LogP contribution in [0.2, 0.25) is 0 Å². The van der Waals surface area contributed by atoms with Crippen LogP contribution in [0.15, 0.2) is 0 Å². The van der Waals surface area contributed by atoms with Gasteiger partial charge in [-0.05, 0) is 25.2 Å². The molecule has 41 heavy (non-hydrogen) atoms. The summed E-state index contributed by atoms with van der Waals surface area (Å²) in [5.41, 5.74) is 23.8. The number of carbonyl (C=O) groups excluding carboxylic acids is 1. The molecule has 3 heterocycles. The Bertz CT molecular complexity index is 843. The minimum absolute atomic E-state index is 0.147. The van der Waals surface area contributed by atoms with E-state index < -0.39 is 85.7 Å². The lowest BCUT2D eigenvalue weighted by molar-refractivity contribution is -0.318. The van der Waals surface area contributed by atoms with E-state index in [2.05, 4.69) is 10.6 Å². The van der Waals surface area contributed by atoms with Gasteiger partial charge in [0.1, 0.15) is 36.6 Å². The van der Waals surface area contributed by atoms with Gasteiger partial charge in [-0.2, -0.15) is 0 Å². The summed E-state index contributed by atoms with van der Waals surface area (Å²) in [6, 6.07) is -1.90. The second-order valence-corrected chi connectivity index (χ2v) is 11.6. The van der Waals surface area contributed by atoms with Crippen molar-refractivity contribution in [3.05, 3.63) is 0 Å². The number of aliphatic hydroxyl groups excluding tert-OH is 5. The predicted molar refractivity (Wildman–Crippen MR) is 143 cm³/mol. The summed E-state index contributed by atoms with van der Waals surface area (Å²) in [5.74, 6) is -1.28. The normalized spacial score (nSPS) is 44.8. The number of hydrogen-bond donors (Lipinski definition) is 11. The maximum absolute atomic E-state index is 12.6. The first-order valence-electron chi connectivity index (χ1n) is 14.4. The number of aliphatic hydroxyl groups is 5. The van der Waals surface area contributed by atoms with Crippen LogP contribution in [0.25, 0.3) is 0 Å². The average molecular weight is 593 g/mol. The van der Waals surface area contributed by atoms with Crippen LogP contribution < -0.4 is 33.6 Å². The van der Waals surface area contributed by atoms with Crippen LogP contribution in [-0.4, -0.2) is 150 Å². The van der Waals surface area contributed by atoms with E-state index in [1.54, 1.807) is 0 Å². The quantitative estimate of drug-likeness (QED) is 0.100. The fourth-order valence-corrected chi connectivity index (χ4v) is 6.00. The largest absolute Gasteiger partial charge is 0.394 e. The van der Waals surface area contributed by atoms with E-state index in [1.807, 2.05) is 0 Å². The zero-order chi connectivity index (χ0) is 29.8. The Morgan fingerprint density at radius 1 is 1.00 bits per heavy atom. The highest BCUT2D eigenvalue weighted by Gasteiger charge is 2.51. The first-order chi connectivity index (χ1) is 19.6. The second-order valence-electron chi connectivity index (χ2n) is 11.6. The molecule has 15 N–H and O–H groups in total. The number of ether oxygens (including phenoxy) is 4. The molecule has 4 fully saturated rings. The number of ketones is 1. The summed E-state index contributed by atoms with van der Waals surface area (Å²) in [4.78, 5) is 12.6. The van der Waals surface area contributed by atoms with Crippen molar-refractivity contribution in [1.82, 2.24) is 10.6 Å². The molecule has 3 saturated heterocycles. The topological polar surface area (TPSA) is 283 Å². The average Bonchev–Trinajstić information content (AvgIpc) is 2.94. The summed E-state index contributed by atoms with van der Waals surface area (Å²) in [6.07, 6.45) is -10.1. The van der Waals surface area contributed by atoms with Gasteiger partial charge in [-0.1, -0.05) is 0 Å². The molecule has 4 aliphatic rings. The molecule has 1 unspecified atom stereocenters. The summed E-state index contributed by atoms with van der Waals surface area (Å²) in [7, 11) is 0. The number of Topliss-reactive ketones (excluding diaryl/α,β-unsaturated/α-hetero) is 1. The Morgan fingerprint density at radius 3 is 2.32 bits per heavy atom. The Kier molecular flexibility index (Phi) is 11.8. The van der Waals surface area contributed by atoms with Gasteiger partial charge < -0.3 is 78.0 Å². The van der Waals surface area contributed by atoms with Crippen molar-refractivity contribution >= 4 is 5.78 Å². The molecule has 0 spiro atoms. The molecular weight excluding hydrogens is 544 g/mol. The Hall–Kier alpha value is -0.930. The lowest BCUT2D eigenvalue weighted by atomic mass is 9.76. The molecule has 0 aromatic heterocycles. The third-order valence-corrected chi connectivity index (χ3v) is 8.66. The Balaban J connectivity index is 1.54. The molecule has 16 heteroatoms. The lowest BCUT2D eigenvalue weighted by Crippen LogP contribution is -2.67. The Labute approximate surface area is 239 Å². The van der Waals surface area contributed by atoms with Gasteiger partial charge in [0.15, 0.2) is 18.4 Å². The van der Waals surface area contributed by atoms with E-state index in [0.29, 0.717) is 6.54 Å². The van der Waals surface area contributed by atoms with Crippen molar-refractivity contribution in [2.24, 2.45) is 28.9 Å². The zero-order valence-corrected chi connectivity index (χ0v) is 23.1. The maximum atomic E-state index is 12.6. The highest BCUT2D eigenvalue weighted by atomic mass is 16.7. The van der Waals surface area contributed by atoms with Gasteiger partial charge in [0.05, 0.1) is 30.9 Å². The lowest BCUT2D eigenvalue weighted by Gasteiger charge is -2.49. The Morgan fingerprint density at radius 2 is 1.71 bits per heavy atom. The molecule has 1 aliphatic carbocycles. The number of hydrogen-bond acceptors (Lipinski definition) is 16. The molecule has 0 bridgehead atoms. The molecule has 0 aromatic carbocycles.